The molecule has 2 aromatic rings. The van der Waals surface area contributed by atoms with Crippen molar-refractivity contribution >= 4 is 5.91 Å². The van der Waals surface area contributed by atoms with E-state index in [2.05, 4.69) is 25.7 Å². The first kappa shape index (κ1) is 11.1. The Labute approximate surface area is 98.1 Å². The fourth-order valence-electron chi connectivity index (χ4n) is 1.51. The van der Waals surface area contributed by atoms with Gasteiger partial charge < -0.3 is 5.32 Å². The van der Waals surface area contributed by atoms with E-state index in [1.165, 1.54) is 6.33 Å². The molecule has 0 aliphatic carbocycles. The van der Waals surface area contributed by atoms with Gasteiger partial charge in [-0.2, -0.15) is 0 Å². The van der Waals surface area contributed by atoms with Crippen LogP contribution < -0.4 is 5.32 Å². The lowest BCUT2D eigenvalue weighted by Gasteiger charge is -2.05. The van der Waals surface area contributed by atoms with Gasteiger partial charge in [0.05, 0.1) is 0 Å². The van der Waals surface area contributed by atoms with Crippen molar-refractivity contribution in [2.24, 2.45) is 0 Å². The van der Waals surface area contributed by atoms with Gasteiger partial charge in [-0.25, -0.2) is 0 Å². The average Bonchev–Trinajstić information content (AvgIpc) is 2.39. The zero-order valence-electron chi connectivity index (χ0n) is 9.51. The summed E-state index contributed by atoms with van der Waals surface area (Å²) >= 11 is 0. The number of benzene rings is 1. The van der Waals surface area contributed by atoms with Crippen LogP contribution >= 0.6 is 0 Å². The molecule has 0 aliphatic heterocycles. The predicted molar refractivity (Wildman–Crippen MR) is 61.2 cm³/mol. The zero-order valence-corrected chi connectivity index (χ0v) is 9.51. The monoisotopic (exact) mass is 229 g/mol. The molecule has 17 heavy (non-hydrogen) atoms. The van der Waals surface area contributed by atoms with E-state index >= 15 is 0 Å². The smallest absolute Gasteiger partial charge is 0.251 e. The van der Waals surface area contributed by atoms with Crippen LogP contribution in [0.5, 0.6) is 0 Å². The summed E-state index contributed by atoms with van der Waals surface area (Å²) < 4.78 is 0. The van der Waals surface area contributed by atoms with Crippen molar-refractivity contribution in [1.29, 1.82) is 0 Å². The van der Waals surface area contributed by atoms with Crippen LogP contribution in [-0.2, 0) is 0 Å². The lowest BCUT2D eigenvalue weighted by molar-refractivity contribution is 0.0962. The van der Waals surface area contributed by atoms with E-state index in [0.29, 0.717) is 11.4 Å². The molecule has 0 aliphatic rings. The first-order valence-electron chi connectivity index (χ1n) is 5.06. The SMILES string of the molecule is CNC(=O)c1ccc(-c2nncnn2)cc1C. The molecule has 1 amide bonds. The van der Waals surface area contributed by atoms with Crippen molar-refractivity contribution < 1.29 is 4.79 Å². The minimum atomic E-state index is -0.112. The maximum absolute atomic E-state index is 11.5. The van der Waals surface area contributed by atoms with E-state index in [4.69, 9.17) is 0 Å². The molecule has 0 saturated heterocycles. The van der Waals surface area contributed by atoms with Crippen LogP contribution in [0.25, 0.3) is 11.4 Å². The highest BCUT2D eigenvalue weighted by Gasteiger charge is 2.09. The lowest BCUT2D eigenvalue weighted by atomic mass is 10.0. The summed E-state index contributed by atoms with van der Waals surface area (Å²) in [6, 6.07) is 5.35. The van der Waals surface area contributed by atoms with E-state index in [-0.39, 0.29) is 5.91 Å². The Kier molecular flexibility index (Phi) is 3.04. The van der Waals surface area contributed by atoms with Crippen molar-refractivity contribution in [2.75, 3.05) is 7.05 Å². The van der Waals surface area contributed by atoms with Crippen LogP contribution in [0.4, 0.5) is 0 Å². The van der Waals surface area contributed by atoms with Crippen molar-refractivity contribution in [2.45, 2.75) is 6.92 Å². The van der Waals surface area contributed by atoms with Gasteiger partial charge in [-0.3, -0.25) is 4.79 Å². The third-order valence-electron chi connectivity index (χ3n) is 2.36. The summed E-state index contributed by atoms with van der Waals surface area (Å²) in [6.07, 6.45) is 1.27. The first-order valence-corrected chi connectivity index (χ1v) is 5.06. The maximum atomic E-state index is 11.5. The van der Waals surface area contributed by atoms with E-state index in [0.717, 1.165) is 11.1 Å². The Morgan fingerprint density at radius 2 is 1.94 bits per heavy atom. The van der Waals surface area contributed by atoms with Crippen LogP contribution in [-0.4, -0.2) is 33.3 Å². The summed E-state index contributed by atoms with van der Waals surface area (Å²) in [5, 5.41) is 17.6. The molecule has 0 bridgehead atoms. The molecule has 0 saturated carbocycles. The fraction of sp³-hybridized carbons (Fsp3) is 0.182. The van der Waals surface area contributed by atoms with E-state index in [1.54, 1.807) is 19.2 Å². The summed E-state index contributed by atoms with van der Waals surface area (Å²) in [4.78, 5) is 11.5. The number of nitrogens with zero attached hydrogens (tertiary/aromatic N) is 4. The molecule has 2 rings (SSSR count). The highest BCUT2D eigenvalue weighted by Crippen LogP contribution is 2.17. The van der Waals surface area contributed by atoms with E-state index in [1.807, 2.05) is 13.0 Å². The molecular formula is C11H11N5O. The number of aromatic nitrogens is 4. The Balaban J connectivity index is 2.41. The van der Waals surface area contributed by atoms with Crippen LogP contribution in [0.1, 0.15) is 15.9 Å². The molecule has 1 aromatic carbocycles. The van der Waals surface area contributed by atoms with Crippen molar-refractivity contribution in [3.8, 4) is 11.4 Å². The maximum Gasteiger partial charge on any atom is 0.251 e. The lowest BCUT2D eigenvalue weighted by Crippen LogP contribution is -2.18. The summed E-state index contributed by atoms with van der Waals surface area (Å²) in [7, 11) is 1.60. The molecule has 6 heteroatoms. The Morgan fingerprint density at radius 3 is 2.53 bits per heavy atom. The second-order valence-electron chi connectivity index (χ2n) is 3.48. The molecule has 0 spiro atoms. The zero-order chi connectivity index (χ0) is 12.3. The van der Waals surface area contributed by atoms with Crippen molar-refractivity contribution in [3.63, 3.8) is 0 Å². The van der Waals surface area contributed by atoms with Crippen molar-refractivity contribution in [1.82, 2.24) is 25.7 Å². The van der Waals surface area contributed by atoms with Gasteiger partial charge in [0, 0.05) is 18.2 Å². The number of hydrogen-bond acceptors (Lipinski definition) is 5. The molecule has 0 radical (unpaired) electrons. The third kappa shape index (κ3) is 2.25. The minimum absolute atomic E-state index is 0.112. The number of carbonyl (C=O) groups is 1. The van der Waals surface area contributed by atoms with Gasteiger partial charge >= 0.3 is 0 Å². The number of rotatable bonds is 2. The van der Waals surface area contributed by atoms with Gasteiger partial charge in [-0.15, -0.1) is 20.4 Å². The predicted octanol–water partition coefficient (Wildman–Crippen LogP) is 0.602. The molecule has 6 nitrogen and oxygen atoms in total. The van der Waals surface area contributed by atoms with Gasteiger partial charge in [0.2, 0.25) is 5.82 Å². The Morgan fingerprint density at radius 1 is 1.24 bits per heavy atom. The van der Waals surface area contributed by atoms with Crippen LogP contribution in [0.3, 0.4) is 0 Å². The fourth-order valence-corrected chi connectivity index (χ4v) is 1.51. The molecule has 0 fully saturated rings. The highest BCUT2D eigenvalue weighted by molar-refractivity contribution is 5.95. The number of hydrogen-bond donors (Lipinski definition) is 1. The Bertz CT molecular complexity index is 541. The van der Waals surface area contributed by atoms with Gasteiger partial charge in [-0.1, -0.05) is 6.07 Å². The summed E-state index contributed by atoms with van der Waals surface area (Å²) in [6.45, 7) is 1.86. The standard InChI is InChI=1S/C11H11N5O/c1-7-5-8(10-15-13-6-14-16-10)3-4-9(7)11(17)12-2/h3-6H,1-2H3,(H,12,17). The quantitative estimate of drug-likeness (QED) is 0.815. The minimum Gasteiger partial charge on any atom is -0.355 e. The van der Waals surface area contributed by atoms with E-state index in [9.17, 15) is 4.79 Å². The molecule has 86 valence electrons. The number of nitrogens with one attached hydrogen (secondary N) is 1. The molecule has 0 atom stereocenters. The van der Waals surface area contributed by atoms with Gasteiger partial charge in [0.15, 0.2) is 6.33 Å². The second kappa shape index (κ2) is 4.65. The van der Waals surface area contributed by atoms with Crippen LogP contribution in [0, 0.1) is 6.92 Å². The van der Waals surface area contributed by atoms with Crippen LogP contribution in [0.2, 0.25) is 0 Å². The molecule has 1 N–H and O–H groups in total. The third-order valence-corrected chi connectivity index (χ3v) is 2.36. The summed E-state index contributed by atoms with van der Waals surface area (Å²) in [5.74, 6) is 0.332. The van der Waals surface area contributed by atoms with Gasteiger partial charge in [0.25, 0.3) is 5.91 Å². The van der Waals surface area contributed by atoms with Gasteiger partial charge in [-0.05, 0) is 24.6 Å². The van der Waals surface area contributed by atoms with Gasteiger partial charge in [0.1, 0.15) is 0 Å². The van der Waals surface area contributed by atoms with Crippen molar-refractivity contribution in [3.05, 3.63) is 35.7 Å². The normalized spacial score (nSPS) is 10.0. The number of amides is 1. The molecular weight excluding hydrogens is 218 g/mol. The largest absolute Gasteiger partial charge is 0.355 e. The average molecular weight is 229 g/mol. The molecule has 1 aromatic heterocycles. The van der Waals surface area contributed by atoms with Crippen LogP contribution in [0.15, 0.2) is 24.5 Å². The summed E-state index contributed by atoms with van der Waals surface area (Å²) in [5.41, 5.74) is 2.28. The van der Waals surface area contributed by atoms with E-state index < -0.39 is 0 Å². The molecule has 1 heterocycles. The topological polar surface area (TPSA) is 80.7 Å². The first-order chi connectivity index (χ1) is 8.22. The number of carbonyl (C=O) groups excluding carboxylic acids is 1. The highest BCUT2D eigenvalue weighted by atomic mass is 16.1. The molecule has 0 unspecified atom stereocenters. The Hall–Kier alpha value is -2.37. The second-order valence-corrected chi connectivity index (χ2v) is 3.48. The number of aryl methyl sites for hydroxylation is 1.